The lowest BCUT2D eigenvalue weighted by Crippen LogP contribution is -2.45. The second-order valence-corrected chi connectivity index (χ2v) is 4.26. The number of rotatable bonds is 5. The van der Waals surface area contributed by atoms with Crippen LogP contribution in [0.25, 0.3) is 0 Å². The molecule has 1 N–H and O–H groups in total. The van der Waals surface area contributed by atoms with Gasteiger partial charge in [-0.05, 0) is 25.7 Å². The average molecular weight is 211 g/mol. The summed E-state index contributed by atoms with van der Waals surface area (Å²) < 4.78 is 5.49. The van der Waals surface area contributed by atoms with Gasteiger partial charge in [-0.25, -0.2) is 0 Å². The third-order valence-electron chi connectivity index (χ3n) is 2.86. The highest BCUT2D eigenvalue weighted by atomic mass is 16.6. The summed E-state index contributed by atoms with van der Waals surface area (Å²) in [6.07, 6.45) is 7.36. The van der Waals surface area contributed by atoms with Crippen LogP contribution in [0.15, 0.2) is 12.7 Å². The Balaban J connectivity index is 2.49. The van der Waals surface area contributed by atoms with Crippen LogP contribution in [0.5, 0.6) is 0 Å². The molecular weight excluding hydrogens is 190 g/mol. The first-order chi connectivity index (χ1) is 7.18. The van der Waals surface area contributed by atoms with Crippen molar-refractivity contribution in [1.82, 2.24) is 5.32 Å². The van der Waals surface area contributed by atoms with E-state index < -0.39 is 0 Å². The molecule has 86 valence electrons. The quantitative estimate of drug-likeness (QED) is 0.429. The van der Waals surface area contributed by atoms with Gasteiger partial charge < -0.3 is 10.1 Å². The molecule has 15 heavy (non-hydrogen) atoms. The third kappa shape index (κ3) is 4.04. The Labute approximate surface area is 91.9 Å². The first kappa shape index (κ1) is 12.2. The molecule has 1 fully saturated rings. The van der Waals surface area contributed by atoms with Crippen LogP contribution in [0.2, 0.25) is 0 Å². The SMILES string of the molecule is C=CCNCC1(OC(C)=O)CCCCC1. The number of carbonyl (C=O) groups is 1. The molecule has 0 aromatic carbocycles. The molecule has 3 nitrogen and oxygen atoms in total. The maximum Gasteiger partial charge on any atom is 0.303 e. The van der Waals surface area contributed by atoms with Crippen molar-refractivity contribution in [3.8, 4) is 0 Å². The van der Waals surface area contributed by atoms with Crippen molar-refractivity contribution in [2.24, 2.45) is 0 Å². The van der Waals surface area contributed by atoms with Gasteiger partial charge in [-0.2, -0.15) is 0 Å². The van der Waals surface area contributed by atoms with Crippen LogP contribution in [0.3, 0.4) is 0 Å². The minimum absolute atomic E-state index is 0.169. The minimum atomic E-state index is -0.257. The summed E-state index contributed by atoms with van der Waals surface area (Å²) in [4.78, 5) is 11.1. The Kier molecular flexibility index (Phi) is 4.82. The summed E-state index contributed by atoms with van der Waals surface area (Å²) in [6, 6.07) is 0. The first-order valence-corrected chi connectivity index (χ1v) is 5.70. The van der Waals surface area contributed by atoms with Crippen LogP contribution >= 0.6 is 0 Å². The van der Waals surface area contributed by atoms with Crippen LogP contribution in [0.1, 0.15) is 39.0 Å². The largest absolute Gasteiger partial charge is 0.458 e. The molecule has 3 heteroatoms. The molecular formula is C12H21NO2. The number of hydrogen-bond donors (Lipinski definition) is 1. The van der Waals surface area contributed by atoms with E-state index in [9.17, 15) is 4.79 Å². The zero-order valence-corrected chi connectivity index (χ0v) is 9.55. The fourth-order valence-corrected chi connectivity index (χ4v) is 2.22. The molecule has 0 atom stereocenters. The van der Waals surface area contributed by atoms with Gasteiger partial charge in [-0.1, -0.05) is 12.5 Å². The molecule has 0 heterocycles. The monoisotopic (exact) mass is 211 g/mol. The average Bonchev–Trinajstić information content (AvgIpc) is 2.18. The zero-order chi connectivity index (χ0) is 11.1. The maximum atomic E-state index is 11.1. The highest BCUT2D eigenvalue weighted by molar-refractivity contribution is 5.66. The van der Waals surface area contributed by atoms with E-state index in [1.165, 1.54) is 13.3 Å². The van der Waals surface area contributed by atoms with Crippen LogP contribution in [0.4, 0.5) is 0 Å². The van der Waals surface area contributed by atoms with E-state index >= 15 is 0 Å². The molecule has 0 aliphatic heterocycles. The number of esters is 1. The molecule has 0 saturated heterocycles. The number of hydrogen-bond acceptors (Lipinski definition) is 3. The fraction of sp³-hybridized carbons (Fsp3) is 0.750. The van der Waals surface area contributed by atoms with E-state index in [-0.39, 0.29) is 11.6 Å². The molecule has 0 spiro atoms. The van der Waals surface area contributed by atoms with Crippen molar-refractivity contribution in [2.75, 3.05) is 13.1 Å². The van der Waals surface area contributed by atoms with E-state index in [1.54, 1.807) is 0 Å². The van der Waals surface area contributed by atoms with Gasteiger partial charge in [0.2, 0.25) is 0 Å². The van der Waals surface area contributed by atoms with Gasteiger partial charge in [0.15, 0.2) is 0 Å². The highest BCUT2D eigenvalue weighted by Crippen LogP contribution is 2.31. The van der Waals surface area contributed by atoms with Gasteiger partial charge in [0.1, 0.15) is 5.60 Å². The van der Waals surface area contributed by atoms with Crippen LogP contribution in [-0.4, -0.2) is 24.7 Å². The first-order valence-electron chi connectivity index (χ1n) is 5.70. The van der Waals surface area contributed by atoms with Gasteiger partial charge >= 0.3 is 5.97 Å². The summed E-state index contributed by atoms with van der Waals surface area (Å²) in [5, 5.41) is 3.26. The van der Waals surface area contributed by atoms with Crippen molar-refractivity contribution < 1.29 is 9.53 Å². The van der Waals surface area contributed by atoms with Crippen molar-refractivity contribution in [2.45, 2.75) is 44.6 Å². The molecule has 1 aliphatic rings. The van der Waals surface area contributed by atoms with Crippen molar-refractivity contribution >= 4 is 5.97 Å². The molecule has 0 aromatic heterocycles. The zero-order valence-electron chi connectivity index (χ0n) is 9.55. The lowest BCUT2D eigenvalue weighted by atomic mass is 9.84. The molecule has 1 aliphatic carbocycles. The molecule has 0 bridgehead atoms. The van der Waals surface area contributed by atoms with E-state index in [4.69, 9.17) is 4.74 Å². The normalized spacial score (nSPS) is 19.5. The Morgan fingerprint density at radius 3 is 2.67 bits per heavy atom. The van der Waals surface area contributed by atoms with Gasteiger partial charge in [0, 0.05) is 20.0 Å². The van der Waals surface area contributed by atoms with E-state index in [0.717, 1.165) is 38.8 Å². The summed E-state index contributed by atoms with van der Waals surface area (Å²) >= 11 is 0. The summed E-state index contributed by atoms with van der Waals surface area (Å²) in [7, 11) is 0. The molecule has 0 unspecified atom stereocenters. The topological polar surface area (TPSA) is 38.3 Å². The summed E-state index contributed by atoms with van der Waals surface area (Å²) in [5.74, 6) is -0.169. The Bertz CT molecular complexity index is 220. The predicted molar refractivity (Wildman–Crippen MR) is 60.6 cm³/mol. The molecule has 0 radical (unpaired) electrons. The van der Waals surface area contributed by atoms with Crippen LogP contribution in [0, 0.1) is 0 Å². The van der Waals surface area contributed by atoms with Crippen LogP contribution in [-0.2, 0) is 9.53 Å². The van der Waals surface area contributed by atoms with Gasteiger partial charge in [0.05, 0.1) is 0 Å². The molecule has 0 amide bonds. The molecule has 1 saturated carbocycles. The Morgan fingerprint density at radius 1 is 1.47 bits per heavy atom. The second kappa shape index (κ2) is 5.91. The second-order valence-electron chi connectivity index (χ2n) is 4.26. The standard InChI is InChI=1S/C12H21NO2/c1-3-9-13-10-12(15-11(2)14)7-5-4-6-8-12/h3,13H,1,4-10H2,2H3. The smallest absolute Gasteiger partial charge is 0.303 e. The van der Waals surface area contributed by atoms with Crippen molar-refractivity contribution in [3.63, 3.8) is 0 Å². The van der Waals surface area contributed by atoms with Crippen LogP contribution < -0.4 is 5.32 Å². The minimum Gasteiger partial charge on any atom is -0.458 e. The van der Waals surface area contributed by atoms with Crippen molar-refractivity contribution in [3.05, 3.63) is 12.7 Å². The fourth-order valence-electron chi connectivity index (χ4n) is 2.22. The molecule has 1 rings (SSSR count). The van der Waals surface area contributed by atoms with Gasteiger partial charge in [-0.3, -0.25) is 4.79 Å². The summed E-state index contributed by atoms with van der Waals surface area (Å²) in [6.45, 7) is 6.66. The molecule has 0 aromatic rings. The predicted octanol–water partition coefficient (Wildman–Crippen LogP) is 2.03. The van der Waals surface area contributed by atoms with E-state index in [0.29, 0.717) is 0 Å². The summed E-state index contributed by atoms with van der Waals surface area (Å²) in [5.41, 5.74) is -0.257. The van der Waals surface area contributed by atoms with Gasteiger partial charge in [0.25, 0.3) is 0 Å². The van der Waals surface area contributed by atoms with Crippen molar-refractivity contribution in [1.29, 1.82) is 0 Å². The maximum absolute atomic E-state index is 11.1. The van der Waals surface area contributed by atoms with Gasteiger partial charge in [-0.15, -0.1) is 6.58 Å². The third-order valence-corrected chi connectivity index (χ3v) is 2.86. The number of carbonyl (C=O) groups excluding carboxylic acids is 1. The van der Waals surface area contributed by atoms with E-state index in [1.807, 2.05) is 6.08 Å². The number of nitrogens with one attached hydrogen (secondary N) is 1. The lowest BCUT2D eigenvalue weighted by Gasteiger charge is -2.36. The number of ether oxygens (including phenoxy) is 1. The van der Waals surface area contributed by atoms with E-state index in [2.05, 4.69) is 11.9 Å². The Hall–Kier alpha value is -0.830. The lowest BCUT2D eigenvalue weighted by molar-refractivity contribution is -0.160. The highest BCUT2D eigenvalue weighted by Gasteiger charge is 2.34. The Morgan fingerprint density at radius 2 is 2.13 bits per heavy atom.